The maximum atomic E-state index is 13.1. The van der Waals surface area contributed by atoms with Crippen LogP contribution in [0.5, 0.6) is 0 Å². The summed E-state index contributed by atoms with van der Waals surface area (Å²) in [5.74, 6) is 1.47. The Kier molecular flexibility index (Phi) is 18.7. The van der Waals surface area contributed by atoms with E-state index < -0.39 is 23.7 Å². The second-order valence-electron chi connectivity index (χ2n) is 14.3. The maximum Gasteiger partial charge on any atom is 2.00 e. The SMILES string of the molecule is C[C@H]([C]1[CH][CH][CH][C]1P(c1ccccc1)c1ccccc1)N(C)C(=O)CCCCCn1cc[n+](C)c1.F[P-](F)(F)(F)(F)F.[CH]1[CH][CH][C](P(c2ccccc2)c2ccccc2)[CH]1.[Fe+2]. The molecular formula is C47H50F6FeN3OP3+2. The van der Waals surface area contributed by atoms with Crippen molar-refractivity contribution in [3.05, 3.63) is 202 Å². The molecular weight excluding hydrogens is 885 g/mol. The first-order chi connectivity index (χ1) is 28.4. The zero-order valence-corrected chi connectivity index (χ0v) is 37.9. The molecule has 0 bridgehead atoms. The molecule has 4 aromatic carbocycles. The summed E-state index contributed by atoms with van der Waals surface area (Å²) in [6.07, 6.45) is 25.2. The average Bonchev–Trinajstić information content (AvgIpc) is 4.02. The van der Waals surface area contributed by atoms with E-state index in [4.69, 9.17) is 0 Å². The first kappa shape index (κ1) is 50.6. The van der Waals surface area contributed by atoms with Gasteiger partial charge in [0.25, 0.3) is 0 Å². The second-order valence-corrected chi connectivity index (χ2v) is 20.6. The molecule has 0 N–H and O–H groups in total. The van der Waals surface area contributed by atoms with Crippen LogP contribution >= 0.6 is 23.7 Å². The van der Waals surface area contributed by atoms with Crippen molar-refractivity contribution >= 4 is 50.8 Å². The van der Waals surface area contributed by atoms with E-state index >= 15 is 0 Å². The Labute approximate surface area is 371 Å². The van der Waals surface area contributed by atoms with Crippen LogP contribution < -0.4 is 25.8 Å². The molecule has 1 heterocycles. The van der Waals surface area contributed by atoms with E-state index in [9.17, 15) is 30.0 Å². The van der Waals surface area contributed by atoms with Crippen LogP contribution in [-0.4, -0.2) is 28.5 Å². The fourth-order valence-electron chi connectivity index (χ4n) is 6.66. The van der Waals surface area contributed by atoms with Gasteiger partial charge in [-0.15, -0.1) is 0 Å². The molecule has 2 fully saturated rings. The van der Waals surface area contributed by atoms with E-state index in [2.05, 4.69) is 201 Å². The molecule has 1 aromatic heterocycles. The third kappa shape index (κ3) is 17.6. The summed E-state index contributed by atoms with van der Waals surface area (Å²) < 4.78 is 63.4. The van der Waals surface area contributed by atoms with Gasteiger partial charge in [-0.3, -0.25) is 4.79 Å². The Morgan fingerprint density at radius 2 is 1.10 bits per heavy atom. The number of hydrogen-bond donors (Lipinski definition) is 0. The number of aryl methyl sites for hydroxylation is 2. The number of carbonyl (C=O) groups is 1. The van der Waals surface area contributed by atoms with Crippen molar-refractivity contribution < 1.29 is 51.6 Å². The number of nitrogens with zero attached hydrogens (tertiary/aromatic N) is 3. The third-order valence-corrected chi connectivity index (χ3v) is 14.5. The van der Waals surface area contributed by atoms with Crippen LogP contribution in [-0.2, 0) is 35.5 Å². The zero-order valence-electron chi connectivity index (χ0n) is 34.1. The molecule has 10 radical (unpaired) electrons. The summed E-state index contributed by atoms with van der Waals surface area (Å²) in [4.78, 5) is 15.0. The molecule has 2 saturated carbocycles. The molecule has 61 heavy (non-hydrogen) atoms. The van der Waals surface area contributed by atoms with Crippen LogP contribution in [0.25, 0.3) is 0 Å². The number of rotatable bonds is 14. The summed E-state index contributed by atoms with van der Waals surface area (Å²) in [5, 5.41) is 5.48. The molecule has 0 aliphatic heterocycles. The Morgan fingerprint density at radius 1 is 0.656 bits per heavy atom. The number of aromatic nitrogens is 2. The van der Waals surface area contributed by atoms with E-state index in [0.717, 1.165) is 25.8 Å². The van der Waals surface area contributed by atoms with Crippen LogP contribution in [0.1, 0.15) is 32.6 Å². The van der Waals surface area contributed by atoms with Gasteiger partial charge in [0, 0.05) is 36.7 Å². The number of imidazole rings is 1. The Bertz CT molecular complexity index is 1940. The van der Waals surface area contributed by atoms with Crippen molar-refractivity contribution in [3.8, 4) is 0 Å². The van der Waals surface area contributed by atoms with Gasteiger partial charge in [-0.05, 0) is 108 Å². The quantitative estimate of drug-likeness (QED) is 0.0359. The van der Waals surface area contributed by atoms with Gasteiger partial charge in [0.1, 0.15) is 12.4 Å². The molecule has 1 atom stereocenters. The summed E-state index contributed by atoms with van der Waals surface area (Å²) in [5.41, 5.74) is 2.76. The van der Waals surface area contributed by atoms with Crippen molar-refractivity contribution in [1.82, 2.24) is 9.47 Å². The molecule has 1 amide bonds. The van der Waals surface area contributed by atoms with Crippen molar-refractivity contribution in [3.63, 3.8) is 0 Å². The standard InChI is InChI=1S/C30H36N3OP.C17H14P.F6P.Fe/c1-25(32(3)30(34)20-11-6-12-21-33-23-22-31(2)24-33)28-18-13-19-29(28)35(26-14-7-4-8-15-26)27-16-9-5-10-17-27;1-3-9-15(10-4-1)18(17-13-7-8-14-17)16-11-5-2-6-12-16;1-7(2,3,4,5)6;/h4-5,7-10,13-19,22-25H,6,11-12,20-21H2,1-3H3;1-14H;;/q+1;;-1;+2/t25-;;;/m1.../s1. The van der Waals surface area contributed by atoms with Gasteiger partial charge in [-0.2, -0.15) is 0 Å². The van der Waals surface area contributed by atoms with Gasteiger partial charge in [-0.1, -0.05) is 121 Å². The predicted molar refractivity (Wildman–Crippen MR) is 238 cm³/mol. The molecule has 2 aliphatic rings. The monoisotopic (exact) mass is 935 g/mol. The summed E-state index contributed by atoms with van der Waals surface area (Å²) in [7, 11) is -7.76. The van der Waals surface area contributed by atoms with E-state index in [1.54, 1.807) is 0 Å². The number of hydrogen-bond acceptors (Lipinski definition) is 1. The molecule has 14 heteroatoms. The molecule has 7 rings (SSSR count). The van der Waals surface area contributed by atoms with Gasteiger partial charge < -0.3 is 4.90 Å². The third-order valence-electron chi connectivity index (χ3n) is 9.58. The minimum absolute atomic E-state index is 0. The molecule has 322 valence electrons. The van der Waals surface area contributed by atoms with Gasteiger partial charge in [-0.25, -0.2) is 9.13 Å². The minimum atomic E-state index is -10.7. The number of carbonyl (C=O) groups excluding carboxylic acids is 1. The zero-order chi connectivity index (χ0) is 43.2. The minimum Gasteiger partial charge on any atom is -0.0622 e. The number of benzene rings is 4. The van der Waals surface area contributed by atoms with Gasteiger partial charge >= 0.3 is 50.1 Å². The summed E-state index contributed by atoms with van der Waals surface area (Å²) >= 11 is 0. The van der Waals surface area contributed by atoms with Crippen molar-refractivity contribution in [1.29, 1.82) is 0 Å². The smallest absolute Gasteiger partial charge is 0.0622 e. The summed E-state index contributed by atoms with van der Waals surface area (Å²) in [6, 6.07) is 43.1. The van der Waals surface area contributed by atoms with Crippen LogP contribution in [0, 0.1) is 62.2 Å². The van der Waals surface area contributed by atoms with E-state index in [0.29, 0.717) is 6.42 Å². The predicted octanol–water partition coefficient (Wildman–Crippen LogP) is 11.4. The Hall–Kier alpha value is -3.05. The first-order valence-electron chi connectivity index (χ1n) is 19.6. The van der Waals surface area contributed by atoms with Gasteiger partial charge in [0.2, 0.25) is 12.2 Å². The second kappa shape index (κ2) is 22.5. The first-order valence-corrected chi connectivity index (χ1v) is 24.3. The molecule has 4 nitrogen and oxygen atoms in total. The molecule has 2 aliphatic carbocycles. The molecule has 0 unspecified atom stereocenters. The van der Waals surface area contributed by atoms with Gasteiger partial charge in [0.05, 0.1) is 13.6 Å². The number of unbranched alkanes of at least 4 members (excludes halogenated alkanes) is 2. The molecule has 0 saturated heterocycles. The molecule has 5 aromatic rings. The van der Waals surface area contributed by atoms with Crippen molar-refractivity contribution in [2.75, 3.05) is 7.05 Å². The van der Waals surface area contributed by atoms with E-state index in [1.807, 2.05) is 19.0 Å². The fraction of sp³-hybridized carbons (Fsp3) is 0.191. The summed E-state index contributed by atoms with van der Waals surface area (Å²) in [6.45, 7) is 3.16. The number of halogens is 6. The topological polar surface area (TPSA) is 29.1 Å². The molecule has 0 spiro atoms. The van der Waals surface area contributed by atoms with Crippen molar-refractivity contribution in [2.45, 2.75) is 45.2 Å². The van der Waals surface area contributed by atoms with Crippen LogP contribution in [0.2, 0.25) is 0 Å². The fourth-order valence-corrected chi connectivity index (χ4v) is 11.5. The van der Waals surface area contributed by atoms with E-state index in [-0.39, 0.29) is 29.0 Å². The maximum absolute atomic E-state index is 13.1. The normalized spacial score (nSPS) is 16.4. The Morgan fingerprint density at radius 3 is 1.52 bits per heavy atom. The largest absolute Gasteiger partial charge is 2.00 e. The van der Waals surface area contributed by atoms with Crippen LogP contribution in [0.4, 0.5) is 25.2 Å². The van der Waals surface area contributed by atoms with Crippen molar-refractivity contribution in [2.24, 2.45) is 7.05 Å². The van der Waals surface area contributed by atoms with Crippen LogP contribution in [0.3, 0.4) is 0 Å². The van der Waals surface area contributed by atoms with E-state index in [1.165, 1.54) is 38.5 Å². The number of amides is 1. The Balaban J connectivity index is 0.000000261. The average molecular weight is 936 g/mol. The van der Waals surface area contributed by atoms with Gasteiger partial charge in [0.15, 0.2) is 0 Å². The van der Waals surface area contributed by atoms with Crippen LogP contribution in [0.15, 0.2) is 140 Å².